The van der Waals surface area contributed by atoms with Crippen LogP contribution >= 0.6 is 23.2 Å². The van der Waals surface area contributed by atoms with Gasteiger partial charge in [-0.3, -0.25) is 0 Å². The van der Waals surface area contributed by atoms with E-state index in [4.69, 9.17) is 33.2 Å². The van der Waals surface area contributed by atoms with Crippen molar-refractivity contribution in [1.82, 2.24) is 19.9 Å². The Hall–Kier alpha value is -3.86. The smallest absolute Gasteiger partial charge is 0.0925 e. The van der Waals surface area contributed by atoms with Crippen molar-refractivity contribution in [3.8, 4) is 0 Å². The highest BCUT2D eigenvalue weighted by Crippen LogP contribution is 2.58. The van der Waals surface area contributed by atoms with Crippen molar-refractivity contribution in [2.75, 3.05) is 0 Å². The second kappa shape index (κ2) is 9.52. The highest BCUT2D eigenvalue weighted by molar-refractivity contribution is 6.38. The van der Waals surface area contributed by atoms with Gasteiger partial charge < -0.3 is 9.97 Å². The van der Waals surface area contributed by atoms with E-state index in [1.54, 1.807) is 0 Å². The molecule has 0 radical (unpaired) electrons. The van der Waals surface area contributed by atoms with Crippen LogP contribution in [0.4, 0.5) is 0 Å². The molecule has 246 valence electrons. The summed E-state index contributed by atoms with van der Waals surface area (Å²) < 4.78 is 0. The van der Waals surface area contributed by atoms with E-state index in [-0.39, 0.29) is 0 Å². The van der Waals surface area contributed by atoms with E-state index in [1.807, 2.05) is 0 Å². The molecule has 0 amide bonds. The van der Waals surface area contributed by atoms with Crippen molar-refractivity contribution in [1.29, 1.82) is 0 Å². The number of nitrogens with one attached hydrogen (secondary N) is 2. The van der Waals surface area contributed by atoms with E-state index in [0.717, 1.165) is 93.4 Å². The summed E-state index contributed by atoms with van der Waals surface area (Å²) in [7, 11) is 0. The summed E-state index contributed by atoms with van der Waals surface area (Å²) in [5.74, 6) is 2.91. The summed E-state index contributed by atoms with van der Waals surface area (Å²) >= 11 is 15.5. The number of nitrogens with zero attached hydrogens (tertiary/aromatic N) is 2. The third-order valence-corrected chi connectivity index (χ3v) is 14.9. The molecule has 6 heteroatoms. The van der Waals surface area contributed by atoms with Crippen molar-refractivity contribution in [2.45, 2.75) is 75.0 Å². The van der Waals surface area contributed by atoms with Crippen molar-refractivity contribution in [3.05, 3.63) is 116 Å². The Balaban J connectivity index is 1.22. The number of allylic oxidation sites excluding steroid dienone is 12. The lowest BCUT2D eigenvalue weighted by atomic mass is 9.69. The van der Waals surface area contributed by atoms with Crippen molar-refractivity contribution in [3.63, 3.8) is 0 Å². The monoisotopic (exact) mass is 690 g/mol. The Morgan fingerprint density at radius 1 is 0.420 bits per heavy atom. The van der Waals surface area contributed by atoms with Gasteiger partial charge in [0.25, 0.3) is 0 Å². The fourth-order valence-corrected chi connectivity index (χ4v) is 12.6. The third-order valence-electron chi connectivity index (χ3n) is 14.2. The van der Waals surface area contributed by atoms with Gasteiger partial charge in [-0.25, -0.2) is 9.97 Å². The van der Waals surface area contributed by atoms with Crippen LogP contribution in [0.2, 0.25) is 10.0 Å². The predicted molar refractivity (Wildman–Crippen MR) is 203 cm³/mol. The lowest BCUT2D eigenvalue weighted by molar-refractivity contribution is 0.557. The molecular formula is C44H36Cl2N4. The van der Waals surface area contributed by atoms with Crippen LogP contribution in [0, 0.1) is 23.7 Å². The number of fused-ring (bicyclic) bond motifs is 12. The molecule has 17 rings (SSSR count). The molecule has 5 heterocycles. The summed E-state index contributed by atoms with van der Waals surface area (Å²) in [6.07, 6.45) is 28.7. The molecule has 0 saturated carbocycles. The molecule has 2 aliphatic heterocycles. The molecule has 0 unspecified atom stereocenters. The Kier molecular flexibility index (Phi) is 5.29. The number of halogens is 2. The van der Waals surface area contributed by atoms with Gasteiger partial charge in [0.05, 0.1) is 43.9 Å². The molecular weight excluding hydrogens is 655 g/mol. The Morgan fingerprint density at radius 3 is 1.14 bits per heavy atom. The highest BCUT2D eigenvalue weighted by Gasteiger charge is 2.43. The van der Waals surface area contributed by atoms with Crippen molar-refractivity contribution < 1.29 is 0 Å². The number of H-pyrrole nitrogens is 2. The Labute approximate surface area is 300 Å². The van der Waals surface area contributed by atoms with E-state index in [2.05, 4.69) is 70.7 Å². The van der Waals surface area contributed by atoms with E-state index in [0.29, 0.717) is 47.3 Å². The summed E-state index contributed by atoms with van der Waals surface area (Å²) in [6.45, 7) is 0. The minimum atomic E-state index is 0.338. The quantitative estimate of drug-likeness (QED) is 0.231. The number of aromatic nitrogens is 4. The molecule has 50 heavy (non-hydrogen) atoms. The summed E-state index contributed by atoms with van der Waals surface area (Å²) in [5.41, 5.74) is 19.5. The van der Waals surface area contributed by atoms with E-state index >= 15 is 0 Å². The van der Waals surface area contributed by atoms with Gasteiger partial charge in [-0.15, -0.1) is 0 Å². The normalized spacial score (nSPS) is 32.7. The van der Waals surface area contributed by atoms with Gasteiger partial charge in [0, 0.05) is 58.4 Å². The maximum absolute atomic E-state index is 7.77. The molecule has 14 aliphatic rings. The standard InChI is InChI=1S/C44H36Cl2N4/c45-39-41-35-23-9-1-19(2-10-23)31(35)27(47-41)17-28-32-20-3-11-24(12-4-20)36(32)43(48-28)40(46)44-38-26-15-7-22(8-16-26)34(38)30(50-44)18-29-33-21-5-13-25(14-6-21)37(33)42(39)49-29/h1,3,5,7,9,11,13,15,17-26,47,49H,2,4,6,8,10,12,14,16H2/t19-,20+,21+,22-,23+,24-,25-,26+. The van der Waals surface area contributed by atoms with Crippen molar-refractivity contribution in [2.24, 2.45) is 23.7 Å². The lowest BCUT2D eigenvalue weighted by Crippen LogP contribution is -2.19. The molecule has 8 atom stereocenters. The fourth-order valence-electron chi connectivity index (χ4n) is 12.1. The second-order valence-electron chi connectivity index (χ2n) is 16.4. The fraction of sp³-hybridized carbons (Fsp3) is 0.364. The van der Waals surface area contributed by atoms with Crippen LogP contribution in [-0.4, -0.2) is 19.9 Å². The van der Waals surface area contributed by atoms with E-state index in [9.17, 15) is 0 Å². The molecule has 0 saturated heterocycles. The SMILES string of the molecule is Clc1c2nc(cc3[nH]c(c4c3[C@@H]3C=C[C@H]4CC3)c(Cl)c3[nH]c(cc4nc1C1=C4[C@@H]4C=C[C@H]1CC4)c1c3[C@@H]3C=C[C@H]1CC3)C1=C2[C@@H]2C=C[C@H]1CC2. The average Bonchev–Trinajstić information content (AvgIpc) is 3.97. The van der Waals surface area contributed by atoms with Gasteiger partial charge in [-0.05, 0) is 108 Å². The summed E-state index contributed by atoms with van der Waals surface area (Å²) in [6, 6.07) is 4.71. The van der Waals surface area contributed by atoms with Gasteiger partial charge in [0.2, 0.25) is 0 Å². The molecule has 3 aromatic heterocycles. The molecule has 4 nitrogen and oxygen atoms in total. The van der Waals surface area contributed by atoms with Crippen LogP contribution in [-0.2, 0) is 0 Å². The Bertz CT molecular complexity index is 2360. The zero-order chi connectivity index (χ0) is 32.6. The van der Waals surface area contributed by atoms with Gasteiger partial charge in [0.1, 0.15) is 0 Å². The van der Waals surface area contributed by atoms with Gasteiger partial charge in [0.15, 0.2) is 0 Å². The summed E-state index contributed by atoms with van der Waals surface area (Å²) in [4.78, 5) is 19.0. The Morgan fingerprint density at radius 2 is 0.760 bits per heavy atom. The van der Waals surface area contributed by atoms with Crippen LogP contribution < -0.4 is 0 Å². The van der Waals surface area contributed by atoms with Gasteiger partial charge in [-0.2, -0.15) is 0 Å². The number of hydrogen-bond acceptors (Lipinski definition) is 2. The average molecular weight is 692 g/mol. The first-order chi connectivity index (χ1) is 24.6. The number of aromatic amines is 2. The first kappa shape index (κ1) is 27.8. The van der Waals surface area contributed by atoms with Crippen LogP contribution in [0.3, 0.4) is 0 Å². The topological polar surface area (TPSA) is 57.4 Å². The lowest BCUT2D eigenvalue weighted by Gasteiger charge is -2.34. The predicted octanol–water partition coefficient (Wildman–Crippen LogP) is 11.7. The zero-order valence-electron chi connectivity index (χ0n) is 27.7. The maximum atomic E-state index is 7.77. The molecule has 16 bridgehead atoms. The van der Waals surface area contributed by atoms with Crippen LogP contribution in [0.1, 0.15) is 120 Å². The molecule has 0 aromatic carbocycles. The number of hydrogen-bond donors (Lipinski definition) is 2. The van der Waals surface area contributed by atoms with Gasteiger partial charge >= 0.3 is 0 Å². The summed E-state index contributed by atoms with van der Waals surface area (Å²) in [5, 5.41) is 1.55. The minimum Gasteiger partial charge on any atom is -0.354 e. The first-order valence-corrected chi connectivity index (χ1v) is 19.8. The van der Waals surface area contributed by atoms with Crippen LogP contribution in [0.15, 0.2) is 60.7 Å². The maximum Gasteiger partial charge on any atom is 0.0925 e. The van der Waals surface area contributed by atoms with Crippen LogP contribution in [0.5, 0.6) is 0 Å². The highest BCUT2D eigenvalue weighted by atomic mass is 35.5. The van der Waals surface area contributed by atoms with Crippen molar-refractivity contribution >= 4 is 67.6 Å². The molecule has 3 aromatic rings. The van der Waals surface area contributed by atoms with Crippen LogP contribution in [0.25, 0.3) is 44.4 Å². The van der Waals surface area contributed by atoms with Gasteiger partial charge in [-0.1, -0.05) is 71.8 Å². The minimum absolute atomic E-state index is 0.338. The number of rotatable bonds is 0. The van der Waals surface area contributed by atoms with E-state index < -0.39 is 0 Å². The third kappa shape index (κ3) is 3.37. The largest absolute Gasteiger partial charge is 0.354 e. The first-order valence-electron chi connectivity index (χ1n) is 19.0. The molecule has 2 N–H and O–H groups in total. The second-order valence-corrected chi connectivity index (χ2v) is 17.2. The molecule has 12 aliphatic carbocycles. The molecule has 0 fully saturated rings. The van der Waals surface area contributed by atoms with E-state index in [1.165, 1.54) is 57.4 Å². The molecule has 0 spiro atoms. The zero-order valence-corrected chi connectivity index (χ0v) is 29.2.